The van der Waals surface area contributed by atoms with Gasteiger partial charge in [-0.25, -0.2) is 0 Å². The van der Waals surface area contributed by atoms with Gasteiger partial charge in [-0.2, -0.15) is 0 Å². The average molecular weight is 375 g/mol. The molecule has 4 rings (SSSR count). The van der Waals surface area contributed by atoms with E-state index in [1.807, 2.05) is 24.3 Å². The van der Waals surface area contributed by atoms with Gasteiger partial charge >= 0.3 is 0 Å². The Balaban J connectivity index is 1.72. The van der Waals surface area contributed by atoms with Crippen molar-refractivity contribution in [2.75, 3.05) is 0 Å². The van der Waals surface area contributed by atoms with E-state index in [9.17, 15) is 4.79 Å². The smallest absolute Gasteiger partial charge is 0.196 e. The Kier molecular flexibility index (Phi) is 4.45. The lowest BCUT2D eigenvalue weighted by atomic mass is 9.96. The van der Waals surface area contributed by atoms with Crippen molar-refractivity contribution in [1.82, 2.24) is 0 Å². The number of hydrogen-bond donors (Lipinski definition) is 0. The molecule has 0 spiro atoms. The van der Waals surface area contributed by atoms with E-state index in [4.69, 9.17) is 32.4 Å². The van der Waals surface area contributed by atoms with E-state index in [0.717, 1.165) is 42.6 Å². The van der Waals surface area contributed by atoms with Crippen molar-refractivity contribution in [2.45, 2.75) is 32.3 Å². The molecule has 1 aromatic heterocycles. The lowest BCUT2D eigenvalue weighted by Gasteiger charge is -2.15. The van der Waals surface area contributed by atoms with Gasteiger partial charge in [-0.1, -0.05) is 41.4 Å². The van der Waals surface area contributed by atoms with Crippen LogP contribution in [0.3, 0.4) is 0 Å². The number of halogens is 2. The van der Waals surface area contributed by atoms with Gasteiger partial charge in [0.2, 0.25) is 0 Å². The minimum absolute atomic E-state index is 0.0233. The first-order chi connectivity index (χ1) is 12.1. The maximum Gasteiger partial charge on any atom is 0.196 e. The van der Waals surface area contributed by atoms with E-state index in [-0.39, 0.29) is 12.0 Å². The van der Waals surface area contributed by atoms with Crippen LogP contribution in [0.2, 0.25) is 10.0 Å². The molecule has 0 aliphatic heterocycles. The lowest BCUT2D eigenvalue weighted by Crippen LogP contribution is -2.16. The second kappa shape index (κ2) is 6.74. The van der Waals surface area contributed by atoms with Crippen LogP contribution in [-0.2, 0) is 19.4 Å². The van der Waals surface area contributed by atoms with Gasteiger partial charge in [-0.05, 0) is 31.4 Å². The van der Waals surface area contributed by atoms with Gasteiger partial charge in [0.25, 0.3) is 0 Å². The third kappa shape index (κ3) is 3.14. The average Bonchev–Trinajstić information content (AvgIpc) is 2.62. The minimum atomic E-state index is 0.0233. The minimum Gasteiger partial charge on any atom is -0.487 e. The molecule has 1 aliphatic carbocycles. The Morgan fingerprint density at radius 2 is 1.84 bits per heavy atom. The predicted octanol–water partition coefficient (Wildman–Crippen LogP) is 5.56. The number of ether oxygens (including phenoxy) is 1. The maximum absolute atomic E-state index is 12.8. The Morgan fingerprint density at radius 1 is 1.04 bits per heavy atom. The van der Waals surface area contributed by atoms with Crippen LogP contribution in [0.15, 0.2) is 45.6 Å². The second-order valence-corrected chi connectivity index (χ2v) is 7.01. The van der Waals surface area contributed by atoms with Crippen LogP contribution < -0.4 is 10.2 Å². The molecular weight excluding hydrogens is 359 g/mol. The van der Waals surface area contributed by atoms with Crippen molar-refractivity contribution in [3.8, 4) is 5.75 Å². The van der Waals surface area contributed by atoms with Crippen molar-refractivity contribution >= 4 is 34.2 Å². The maximum atomic E-state index is 12.8. The summed E-state index contributed by atoms with van der Waals surface area (Å²) >= 11 is 12.5. The van der Waals surface area contributed by atoms with Gasteiger partial charge in [0.1, 0.15) is 23.7 Å². The summed E-state index contributed by atoms with van der Waals surface area (Å²) in [6.07, 6.45) is 3.65. The molecule has 1 aliphatic rings. The van der Waals surface area contributed by atoms with Gasteiger partial charge in [0, 0.05) is 28.6 Å². The highest BCUT2D eigenvalue weighted by Crippen LogP contribution is 2.32. The molecule has 0 unspecified atom stereocenters. The first kappa shape index (κ1) is 16.5. The van der Waals surface area contributed by atoms with Gasteiger partial charge in [0.15, 0.2) is 5.43 Å². The van der Waals surface area contributed by atoms with Crippen LogP contribution in [0.5, 0.6) is 5.75 Å². The van der Waals surface area contributed by atoms with Gasteiger partial charge in [-0.15, -0.1) is 0 Å². The molecule has 0 atom stereocenters. The molecule has 3 aromatic rings. The molecule has 0 saturated carbocycles. The molecule has 0 fully saturated rings. The summed E-state index contributed by atoms with van der Waals surface area (Å²) in [7, 11) is 0. The van der Waals surface area contributed by atoms with Crippen LogP contribution in [0, 0.1) is 0 Å². The molecule has 1 heterocycles. The molecule has 0 radical (unpaired) electrons. The molecule has 2 aromatic carbocycles. The largest absolute Gasteiger partial charge is 0.487 e. The Bertz CT molecular complexity index is 1010. The first-order valence-corrected chi connectivity index (χ1v) is 9.03. The monoisotopic (exact) mass is 374 g/mol. The molecule has 128 valence electrons. The summed E-state index contributed by atoms with van der Waals surface area (Å²) in [5.74, 6) is 1.25. The molecule has 0 saturated heterocycles. The van der Waals surface area contributed by atoms with Crippen LogP contribution in [0.25, 0.3) is 11.0 Å². The fourth-order valence-corrected chi connectivity index (χ4v) is 3.60. The van der Waals surface area contributed by atoms with E-state index in [1.54, 1.807) is 12.1 Å². The number of hydrogen-bond acceptors (Lipinski definition) is 3. The summed E-state index contributed by atoms with van der Waals surface area (Å²) in [6.45, 7) is 0.279. The standard InChI is InChI=1S/C20H16Cl2O3/c21-15-7-3-1-5-12(15)11-24-19-9-14-18(10-16(19)22)25-17-8-4-2-6-13(17)20(14)23/h1,3,5,7,9-10H,2,4,6,8,11H2. The summed E-state index contributed by atoms with van der Waals surface area (Å²) < 4.78 is 11.7. The van der Waals surface area contributed by atoms with E-state index in [0.29, 0.717) is 26.8 Å². The number of benzene rings is 2. The molecule has 25 heavy (non-hydrogen) atoms. The second-order valence-electron chi connectivity index (χ2n) is 6.20. The zero-order chi connectivity index (χ0) is 17.4. The first-order valence-electron chi connectivity index (χ1n) is 8.28. The third-order valence-corrected chi connectivity index (χ3v) is 5.21. The molecule has 5 heteroatoms. The highest BCUT2D eigenvalue weighted by atomic mass is 35.5. The zero-order valence-electron chi connectivity index (χ0n) is 13.5. The van der Waals surface area contributed by atoms with Crippen LogP contribution in [0.1, 0.15) is 29.7 Å². The molecular formula is C20H16Cl2O3. The molecule has 0 N–H and O–H groups in total. The quantitative estimate of drug-likeness (QED) is 0.602. The normalized spacial score (nSPS) is 13.7. The van der Waals surface area contributed by atoms with E-state index < -0.39 is 0 Å². The van der Waals surface area contributed by atoms with E-state index >= 15 is 0 Å². The Labute approximate surface area is 155 Å². The highest BCUT2D eigenvalue weighted by molar-refractivity contribution is 6.32. The van der Waals surface area contributed by atoms with Crippen LogP contribution in [-0.4, -0.2) is 0 Å². The van der Waals surface area contributed by atoms with Gasteiger partial charge < -0.3 is 9.15 Å². The topological polar surface area (TPSA) is 39.4 Å². The number of aryl methyl sites for hydroxylation is 1. The number of rotatable bonds is 3. The summed E-state index contributed by atoms with van der Waals surface area (Å²) in [6, 6.07) is 10.8. The fourth-order valence-electron chi connectivity index (χ4n) is 3.20. The van der Waals surface area contributed by atoms with Gasteiger partial charge in [0.05, 0.1) is 10.4 Å². The van der Waals surface area contributed by atoms with E-state index in [1.165, 1.54) is 0 Å². The van der Waals surface area contributed by atoms with Crippen LogP contribution in [0.4, 0.5) is 0 Å². The molecule has 0 amide bonds. The summed E-state index contributed by atoms with van der Waals surface area (Å²) in [4.78, 5) is 12.8. The molecule has 3 nitrogen and oxygen atoms in total. The van der Waals surface area contributed by atoms with Crippen molar-refractivity contribution in [1.29, 1.82) is 0 Å². The van der Waals surface area contributed by atoms with Crippen molar-refractivity contribution in [3.05, 3.63) is 73.6 Å². The van der Waals surface area contributed by atoms with Crippen LogP contribution >= 0.6 is 23.2 Å². The highest BCUT2D eigenvalue weighted by Gasteiger charge is 2.19. The Morgan fingerprint density at radius 3 is 2.68 bits per heavy atom. The Hall–Kier alpha value is -1.97. The third-order valence-electron chi connectivity index (χ3n) is 4.54. The van der Waals surface area contributed by atoms with E-state index in [2.05, 4.69) is 0 Å². The lowest BCUT2D eigenvalue weighted by molar-refractivity contribution is 0.307. The van der Waals surface area contributed by atoms with Crippen molar-refractivity contribution in [3.63, 3.8) is 0 Å². The SMILES string of the molecule is O=c1c2c(oc3cc(Cl)c(OCc4ccccc4Cl)cc13)CCCC2. The summed E-state index contributed by atoms with van der Waals surface area (Å²) in [5.41, 5.74) is 2.19. The predicted molar refractivity (Wildman–Crippen MR) is 99.9 cm³/mol. The van der Waals surface area contributed by atoms with Crippen molar-refractivity contribution in [2.24, 2.45) is 0 Å². The fraction of sp³-hybridized carbons (Fsp3) is 0.250. The van der Waals surface area contributed by atoms with Gasteiger partial charge in [-0.3, -0.25) is 4.79 Å². The summed E-state index contributed by atoms with van der Waals surface area (Å²) in [5, 5.41) is 1.56. The zero-order valence-corrected chi connectivity index (χ0v) is 15.0. The van der Waals surface area contributed by atoms with Crippen molar-refractivity contribution < 1.29 is 9.15 Å². The number of fused-ring (bicyclic) bond motifs is 2. The molecule has 0 bridgehead atoms.